The Morgan fingerprint density at radius 3 is 2.32 bits per heavy atom. The van der Waals surface area contributed by atoms with Crippen molar-refractivity contribution in [1.29, 1.82) is 0 Å². The molecule has 110 valence electrons. The first-order chi connectivity index (χ1) is 8.47. The summed E-state index contributed by atoms with van der Waals surface area (Å²) in [6.07, 6.45) is -3.51. The highest BCUT2D eigenvalue weighted by Gasteiger charge is 2.40. The molecule has 10 heteroatoms. The van der Waals surface area contributed by atoms with Crippen molar-refractivity contribution in [1.82, 2.24) is 13.9 Å². The van der Waals surface area contributed by atoms with Gasteiger partial charge in [-0.05, 0) is 13.8 Å². The van der Waals surface area contributed by atoms with Crippen molar-refractivity contribution in [3.05, 3.63) is 11.5 Å². The largest absolute Gasteiger partial charge is 0.402 e. The lowest BCUT2D eigenvalue weighted by molar-refractivity contribution is -0.138. The quantitative estimate of drug-likeness (QED) is 0.853. The van der Waals surface area contributed by atoms with Crippen LogP contribution in [0, 0.1) is 0 Å². The second-order valence-electron chi connectivity index (χ2n) is 4.21. The fourth-order valence-electron chi connectivity index (χ4n) is 1.40. The maximum absolute atomic E-state index is 12.5. The first-order valence-corrected chi connectivity index (χ1v) is 7.04. The first-order valence-electron chi connectivity index (χ1n) is 5.22. The highest BCUT2D eigenvalue weighted by molar-refractivity contribution is 7.89. The summed E-state index contributed by atoms with van der Waals surface area (Å²) >= 11 is 5.73. The summed E-state index contributed by atoms with van der Waals surface area (Å²) in [5.41, 5.74) is 0. The van der Waals surface area contributed by atoms with E-state index in [9.17, 15) is 21.6 Å². The molecule has 0 fully saturated rings. The smallest absolute Gasteiger partial charge is 0.324 e. The van der Waals surface area contributed by atoms with Gasteiger partial charge in [-0.2, -0.15) is 17.5 Å². The van der Waals surface area contributed by atoms with E-state index in [1.807, 2.05) is 0 Å². The molecule has 1 aromatic heterocycles. The highest BCUT2D eigenvalue weighted by atomic mass is 35.5. The number of aromatic nitrogens is 2. The minimum atomic E-state index is -4.64. The average Bonchev–Trinajstić information content (AvgIpc) is 2.55. The van der Waals surface area contributed by atoms with Crippen LogP contribution in [-0.2, 0) is 17.1 Å². The summed E-state index contributed by atoms with van der Waals surface area (Å²) in [6.45, 7) is 1.11. The van der Waals surface area contributed by atoms with Gasteiger partial charge in [0.15, 0.2) is 0 Å². The molecule has 0 aliphatic carbocycles. The van der Waals surface area contributed by atoms with E-state index < -0.39 is 33.8 Å². The zero-order valence-corrected chi connectivity index (χ0v) is 12.0. The van der Waals surface area contributed by atoms with Gasteiger partial charge in [0.25, 0.3) is 10.0 Å². The van der Waals surface area contributed by atoms with E-state index in [-0.39, 0.29) is 5.15 Å². The van der Waals surface area contributed by atoms with Crippen LogP contribution < -0.4 is 0 Å². The monoisotopic (exact) mass is 319 g/mol. The van der Waals surface area contributed by atoms with E-state index in [1.54, 1.807) is 0 Å². The summed E-state index contributed by atoms with van der Waals surface area (Å²) in [6, 6.07) is -0.871. The molecule has 1 heterocycles. The second-order valence-corrected chi connectivity index (χ2v) is 6.37. The van der Waals surface area contributed by atoms with Gasteiger partial charge < -0.3 is 4.57 Å². The maximum atomic E-state index is 12.5. The Kier molecular flexibility index (Phi) is 4.53. The lowest BCUT2D eigenvalue weighted by atomic mass is 10.4. The predicted molar refractivity (Wildman–Crippen MR) is 63.3 cm³/mol. The lowest BCUT2D eigenvalue weighted by Crippen LogP contribution is -2.43. The Bertz CT molecular complexity index is 554. The Morgan fingerprint density at radius 2 is 2.00 bits per heavy atom. The number of nitrogens with zero attached hydrogens (tertiary/aromatic N) is 3. The van der Waals surface area contributed by atoms with E-state index in [0.29, 0.717) is 4.31 Å². The number of sulfonamides is 1. The van der Waals surface area contributed by atoms with Crippen molar-refractivity contribution in [2.24, 2.45) is 7.05 Å². The molecule has 1 rings (SSSR count). The molecule has 0 aromatic carbocycles. The maximum Gasteiger partial charge on any atom is 0.402 e. The topological polar surface area (TPSA) is 55.2 Å². The zero-order valence-electron chi connectivity index (χ0n) is 10.4. The molecule has 0 atom stereocenters. The minimum Gasteiger partial charge on any atom is -0.324 e. The fraction of sp³-hybridized carbons (Fsp3) is 0.667. The predicted octanol–water partition coefficient (Wildman–Crippen LogP) is 2.03. The molecule has 0 aliphatic rings. The van der Waals surface area contributed by atoms with Gasteiger partial charge in [-0.25, -0.2) is 13.4 Å². The number of halogens is 4. The van der Waals surface area contributed by atoms with Gasteiger partial charge in [-0.15, -0.1) is 0 Å². The third-order valence-corrected chi connectivity index (χ3v) is 4.81. The van der Waals surface area contributed by atoms with Crippen LogP contribution >= 0.6 is 11.6 Å². The van der Waals surface area contributed by atoms with Crippen LogP contribution in [0.4, 0.5) is 13.2 Å². The number of hydrogen-bond acceptors (Lipinski definition) is 3. The third-order valence-electron chi connectivity index (χ3n) is 2.30. The Balaban J connectivity index is 3.25. The summed E-state index contributed by atoms with van der Waals surface area (Å²) in [5, 5.41) is -0.803. The van der Waals surface area contributed by atoms with Gasteiger partial charge in [0, 0.05) is 13.1 Å². The molecule has 5 nitrogen and oxygen atoms in total. The fourth-order valence-corrected chi connectivity index (χ4v) is 3.42. The van der Waals surface area contributed by atoms with Crippen LogP contribution in [0.3, 0.4) is 0 Å². The summed E-state index contributed by atoms with van der Waals surface area (Å²) in [7, 11) is -2.95. The van der Waals surface area contributed by atoms with Crippen LogP contribution in [0.2, 0.25) is 5.15 Å². The van der Waals surface area contributed by atoms with Gasteiger partial charge in [0.1, 0.15) is 11.7 Å². The second kappa shape index (κ2) is 5.29. The zero-order chi connectivity index (χ0) is 15.0. The third kappa shape index (κ3) is 3.61. The molecular formula is C9H13ClF3N3O2S. The molecule has 1 aromatic rings. The van der Waals surface area contributed by atoms with Gasteiger partial charge in [-0.3, -0.25) is 0 Å². The molecule has 0 radical (unpaired) electrons. The summed E-state index contributed by atoms with van der Waals surface area (Å²) in [5.74, 6) is 0. The van der Waals surface area contributed by atoms with Crippen molar-refractivity contribution in [3.8, 4) is 0 Å². The van der Waals surface area contributed by atoms with Gasteiger partial charge >= 0.3 is 6.18 Å². The van der Waals surface area contributed by atoms with E-state index >= 15 is 0 Å². The number of hydrogen-bond donors (Lipinski definition) is 0. The van der Waals surface area contributed by atoms with Gasteiger partial charge in [-0.1, -0.05) is 11.6 Å². The molecule has 0 saturated carbocycles. The van der Waals surface area contributed by atoms with Crippen molar-refractivity contribution < 1.29 is 21.6 Å². The van der Waals surface area contributed by atoms with Crippen LogP contribution in [0.1, 0.15) is 13.8 Å². The van der Waals surface area contributed by atoms with Gasteiger partial charge in [0.2, 0.25) is 5.03 Å². The van der Waals surface area contributed by atoms with Crippen LogP contribution in [0.5, 0.6) is 0 Å². The lowest BCUT2D eigenvalue weighted by Gasteiger charge is -2.25. The molecule has 19 heavy (non-hydrogen) atoms. The summed E-state index contributed by atoms with van der Waals surface area (Å²) in [4.78, 5) is 3.55. The van der Waals surface area contributed by atoms with E-state index in [4.69, 9.17) is 11.6 Å². The summed E-state index contributed by atoms with van der Waals surface area (Å²) < 4.78 is 63.2. The number of rotatable bonds is 4. The van der Waals surface area contributed by atoms with Crippen molar-refractivity contribution in [3.63, 3.8) is 0 Å². The van der Waals surface area contributed by atoms with E-state index in [0.717, 1.165) is 6.33 Å². The Labute approximate surface area is 114 Å². The first kappa shape index (κ1) is 16.3. The average molecular weight is 320 g/mol. The van der Waals surface area contributed by atoms with Crippen molar-refractivity contribution in [2.45, 2.75) is 31.1 Å². The van der Waals surface area contributed by atoms with E-state index in [2.05, 4.69) is 4.98 Å². The molecular weight excluding hydrogens is 307 g/mol. The molecule has 0 N–H and O–H groups in total. The van der Waals surface area contributed by atoms with Crippen LogP contribution in [-0.4, -0.2) is 41.0 Å². The molecule has 0 saturated heterocycles. The molecule has 0 aliphatic heterocycles. The molecule has 0 bridgehead atoms. The number of imidazole rings is 1. The molecule has 0 unspecified atom stereocenters. The van der Waals surface area contributed by atoms with Gasteiger partial charge in [0.05, 0.1) is 6.33 Å². The molecule has 0 amide bonds. The Hall–Kier alpha value is -0.800. The number of aryl methyl sites for hydroxylation is 1. The SMILES string of the molecule is CC(C)N(CC(F)(F)F)S(=O)(=O)c1ncn(C)c1Cl. The standard InChI is InChI=1S/C9H13ClF3N3O2S/c1-6(2)16(4-9(11,12)13)19(17,18)8-7(10)15(3)5-14-8/h5-6H,4H2,1-3H3. The number of alkyl halides is 3. The minimum absolute atomic E-state index is 0.229. The van der Waals surface area contributed by atoms with Crippen molar-refractivity contribution in [2.75, 3.05) is 6.54 Å². The molecule has 0 spiro atoms. The van der Waals surface area contributed by atoms with E-state index in [1.165, 1.54) is 25.5 Å². The Morgan fingerprint density at radius 1 is 1.47 bits per heavy atom. The van der Waals surface area contributed by atoms with Crippen LogP contribution in [0.25, 0.3) is 0 Å². The normalized spacial score (nSPS) is 13.5. The van der Waals surface area contributed by atoms with Crippen molar-refractivity contribution >= 4 is 21.6 Å². The van der Waals surface area contributed by atoms with Crippen LogP contribution in [0.15, 0.2) is 11.4 Å². The highest BCUT2D eigenvalue weighted by Crippen LogP contribution is 2.27.